The van der Waals surface area contributed by atoms with Gasteiger partial charge in [0.05, 0.1) is 6.20 Å². The summed E-state index contributed by atoms with van der Waals surface area (Å²) in [6.45, 7) is 6.01. The third kappa shape index (κ3) is 4.94. The van der Waals surface area contributed by atoms with E-state index < -0.39 is 0 Å². The van der Waals surface area contributed by atoms with Crippen LogP contribution in [-0.4, -0.2) is 21.4 Å². The molecule has 1 aromatic carbocycles. The van der Waals surface area contributed by atoms with Gasteiger partial charge in [0.25, 0.3) is 0 Å². The van der Waals surface area contributed by atoms with Gasteiger partial charge in [0, 0.05) is 24.1 Å². The van der Waals surface area contributed by atoms with Gasteiger partial charge in [0.2, 0.25) is 5.43 Å². The van der Waals surface area contributed by atoms with Crippen LogP contribution in [0.5, 0.6) is 5.75 Å². The molecule has 0 saturated heterocycles. The van der Waals surface area contributed by atoms with Crippen molar-refractivity contribution < 1.29 is 10.2 Å². The topological polar surface area (TPSA) is 62.5 Å². The Morgan fingerprint density at radius 3 is 2.68 bits per heavy atom. The summed E-state index contributed by atoms with van der Waals surface area (Å²) in [5.41, 5.74) is 4.78. The quantitative estimate of drug-likeness (QED) is 0.788. The second-order valence-corrected chi connectivity index (χ2v) is 6.22. The van der Waals surface area contributed by atoms with Crippen LogP contribution in [0.1, 0.15) is 37.1 Å². The Hall–Kier alpha value is -2.59. The Balaban J connectivity index is 2.26. The van der Waals surface area contributed by atoms with Gasteiger partial charge in [-0.2, -0.15) is 0 Å². The third-order valence-electron chi connectivity index (χ3n) is 4.18. The number of hydrogen-bond donors (Lipinski definition) is 2. The molecular formula is C21H25NO3. The Morgan fingerprint density at radius 1 is 1.20 bits per heavy atom. The van der Waals surface area contributed by atoms with Crippen molar-refractivity contribution in [2.75, 3.05) is 6.61 Å². The lowest BCUT2D eigenvalue weighted by Crippen LogP contribution is -2.07. The van der Waals surface area contributed by atoms with Crippen molar-refractivity contribution in [3.63, 3.8) is 0 Å². The number of allylic oxidation sites excluding steroid dienone is 4. The van der Waals surface area contributed by atoms with Gasteiger partial charge in [0.1, 0.15) is 0 Å². The molecule has 0 aliphatic carbocycles. The predicted molar refractivity (Wildman–Crippen MR) is 103 cm³/mol. The molecule has 2 rings (SSSR count). The van der Waals surface area contributed by atoms with Crippen LogP contribution in [0, 0.1) is 6.92 Å². The van der Waals surface area contributed by atoms with Gasteiger partial charge in [-0.25, -0.2) is 0 Å². The molecule has 0 radical (unpaired) electrons. The van der Waals surface area contributed by atoms with Gasteiger partial charge in [-0.1, -0.05) is 30.3 Å². The first-order valence-electron chi connectivity index (χ1n) is 8.40. The van der Waals surface area contributed by atoms with E-state index in [9.17, 15) is 9.90 Å². The number of aromatic hydroxyl groups is 1. The number of nitrogens with zero attached hydrogens (tertiary/aromatic N) is 1. The predicted octanol–water partition coefficient (Wildman–Crippen LogP) is 3.75. The number of pyridine rings is 1. The highest BCUT2D eigenvalue weighted by Crippen LogP contribution is 2.18. The van der Waals surface area contributed by atoms with Gasteiger partial charge in [-0.05, 0) is 56.4 Å². The second-order valence-electron chi connectivity index (χ2n) is 6.22. The molecule has 0 atom stereocenters. The fourth-order valence-corrected chi connectivity index (χ4v) is 2.68. The van der Waals surface area contributed by atoms with Crippen molar-refractivity contribution >= 4 is 11.3 Å². The van der Waals surface area contributed by atoms with E-state index in [2.05, 4.69) is 18.2 Å². The molecular weight excluding hydrogens is 314 g/mol. The van der Waals surface area contributed by atoms with Crippen molar-refractivity contribution in [2.24, 2.45) is 0 Å². The standard InChI is InChI=1S/C21H25NO3/c1-15(19-8-4-6-18(13-19)7-5-11-23)9-10-16(2)22-14-21(25)20(24)12-17(22)3/h4,6,8-10,12-14,23,25H,5,7,11H2,1-3H3. The number of aliphatic hydroxyl groups is 1. The van der Waals surface area contributed by atoms with Crippen molar-refractivity contribution in [1.82, 2.24) is 4.57 Å². The van der Waals surface area contributed by atoms with E-state index in [0.717, 1.165) is 35.4 Å². The van der Waals surface area contributed by atoms with Gasteiger partial charge < -0.3 is 14.8 Å². The smallest absolute Gasteiger partial charge is 0.223 e. The lowest BCUT2D eigenvalue weighted by molar-refractivity contribution is 0.288. The largest absolute Gasteiger partial charge is 0.503 e. The molecule has 0 aliphatic rings. The van der Waals surface area contributed by atoms with Crippen LogP contribution < -0.4 is 5.43 Å². The van der Waals surface area contributed by atoms with Crippen LogP contribution in [0.15, 0.2) is 53.5 Å². The summed E-state index contributed by atoms with van der Waals surface area (Å²) < 4.78 is 1.79. The van der Waals surface area contributed by atoms with E-state index in [1.54, 1.807) is 4.57 Å². The molecule has 0 saturated carbocycles. The molecule has 0 aliphatic heterocycles. The SMILES string of the molecule is CC(=CC=C(C)n1cc(O)c(=O)cc1C)c1cccc(CCCO)c1. The van der Waals surface area contributed by atoms with Crippen LogP contribution in [0.4, 0.5) is 0 Å². The molecule has 4 heteroatoms. The number of rotatable bonds is 6. The van der Waals surface area contributed by atoms with Crippen molar-refractivity contribution in [3.05, 3.63) is 75.7 Å². The first kappa shape index (κ1) is 18.7. The zero-order valence-electron chi connectivity index (χ0n) is 15.0. The highest BCUT2D eigenvalue weighted by molar-refractivity contribution is 5.67. The summed E-state index contributed by atoms with van der Waals surface area (Å²) in [4.78, 5) is 11.5. The average Bonchev–Trinajstić information content (AvgIpc) is 2.60. The summed E-state index contributed by atoms with van der Waals surface area (Å²) in [7, 11) is 0. The maximum Gasteiger partial charge on any atom is 0.223 e. The molecule has 2 aromatic rings. The maximum absolute atomic E-state index is 11.5. The molecule has 0 spiro atoms. The van der Waals surface area contributed by atoms with Gasteiger partial charge in [-0.3, -0.25) is 4.79 Å². The van der Waals surface area contributed by atoms with E-state index in [1.807, 2.05) is 39.0 Å². The van der Waals surface area contributed by atoms with E-state index in [0.29, 0.717) is 0 Å². The van der Waals surface area contributed by atoms with Crippen LogP contribution in [0.3, 0.4) is 0 Å². The Bertz CT molecular complexity index is 860. The average molecular weight is 339 g/mol. The van der Waals surface area contributed by atoms with Crippen molar-refractivity contribution in [2.45, 2.75) is 33.6 Å². The first-order valence-corrected chi connectivity index (χ1v) is 8.40. The summed E-state index contributed by atoms with van der Waals surface area (Å²) in [5.74, 6) is -0.254. The second kappa shape index (κ2) is 8.49. The summed E-state index contributed by atoms with van der Waals surface area (Å²) in [5, 5.41) is 18.6. The van der Waals surface area contributed by atoms with E-state index in [1.165, 1.54) is 17.8 Å². The van der Waals surface area contributed by atoms with Crippen LogP contribution in [0.25, 0.3) is 11.3 Å². The van der Waals surface area contributed by atoms with Crippen molar-refractivity contribution in [3.8, 4) is 5.75 Å². The lowest BCUT2D eigenvalue weighted by Gasteiger charge is -2.11. The molecule has 0 amide bonds. The Labute approximate surface area is 148 Å². The van der Waals surface area contributed by atoms with E-state index >= 15 is 0 Å². The maximum atomic E-state index is 11.5. The summed E-state index contributed by atoms with van der Waals surface area (Å²) >= 11 is 0. The lowest BCUT2D eigenvalue weighted by atomic mass is 10.0. The minimum absolute atomic E-state index is 0.201. The number of aromatic nitrogens is 1. The molecule has 25 heavy (non-hydrogen) atoms. The summed E-state index contributed by atoms with van der Waals surface area (Å²) in [6, 6.07) is 9.72. The number of aliphatic hydroxyl groups excluding tert-OH is 1. The van der Waals surface area contributed by atoms with Gasteiger partial charge in [-0.15, -0.1) is 0 Å². The molecule has 132 valence electrons. The highest BCUT2D eigenvalue weighted by Gasteiger charge is 2.03. The Kier molecular flexibility index (Phi) is 6.37. The number of benzene rings is 1. The zero-order chi connectivity index (χ0) is 18.4. The van der Waals surface area contributed by atoms with Crippen molar-refractivity contribution in [1.29, 1.82) is 0 Å². The molecule has 0 bridgehead atoms. The number of aryl methyl sites for hydroxylation is 2. The van der Waals surface area contributed by atoms with E-state index in [4.69, 9.17) is 5.11 Å². The third-order valence-corrected chi connectivity index (χ3v) is 4.18. The number of hydrogen-bond acceptors (Lipinski definition) is 3. The van der Waals surface area contributed by atoms with E-state index in [-0.39, 0.29) is 17.8 Å². The zero-order valence-corrected chi connectivity index (χ0v) is 15.0. The summed E-state index contributed by atoms with van der Waals surface area (Å²) in [6.07, 6.45) is 7.06. The fraction of sp³-hybridized carbons (Fsp3) is 0.286. The minimum Gasteiger partial charge on any atom is -0.503 e. The molecule has 2 N–H and O–H groups in total. The Morgan fingerprint density at radius 2 is 1.96 bits per heavy atom. The van der Waals surface area contributed by atoms with Gasteiger partial charge >= 0.3 is 0 Å². The van der Waals surface area contributed by atoms with Gasteiger partial charge in [0.15, 0.2) is 5.75 Å². The van der Waals surface area contributed by atoms with Crippen LogP contribution in [-0.2, 0) is 6.42 Å². The molecule has 4 nitrogen and oxygen atoms in total. The normalized spacial score (nSPS) is 12.5. The fourth-order valence-electron chi connectivity index (χ4n) is 2.68. The first-order chi connectivity index (χ1) is 11.9. The molecule has 0 unspecified atom stereocenters. The van der Waals surface area contributed by atoms with Crippen LogP contribution >= 0.6 is 0 Å². The molecule has 1 heterocycles. The highest BCUT2D eigenvalue weighted by atomic mass is 16.3. The monoisotopic (exact) mass is 339 g/mol. The minimum atomic E-state index is -0.368. The molecule has 1 aromatic heterocycles. The van der Waals surface area contributed by atoms with Crippen LogP contribution in [0.2, 0.25) is 0 Å². The molecule has 0 fully saturated rings.